The summed E-state index contributed by atoms with van der Waals surface area (Å²) in [5.41, 5.74) is 0. The minimum absolute atomic E-state index is 0.103. The topological polar surface area (TPSA) is 89.9 Å². The molecule has 0 radical (unpaired) electrons. The van der Waals surface area contributed by atoms with E-state index in [9.17, 15) is 14.7 Å². The number of carboxylic acid groups (broad SMARTS) is 1. The zero-order valence-electron chi connectivity index (χ0n) is 10.5. The largest absolute Gasteiger partial charge is 0.480 e. The van der Waals surface area contributed by atoms with Crippen molar-refractivity contribution < 1.29 is 19.8 Å². The molecular formula is C12H20N2O4. The van der Waals surface area contributed by atoms with Crippen LogP contribution in [-0.4, -0.2) is 52.3 Å². The van der Waals surface area contributed by atoms with Gasteiger partial charge in [0.15, 0.2) is 0 Å². The van der Waals surface area contributed by atoms with Crippen LogP contribution in [0, 0.1) is 5.92 Å². The molecule has 3 unspecified atom stereocenters. The quantitative estimate of drug-likeness (QED) is 0.622. The third-order valence-corrected chi connectivity index (χ3v) is 3.33. The number of nitrogens with one attached hydrogen (secondary N) is 1. The minimum Gasteiger partial charge on any atom is -0.480 e. The first-order valence-electron chi connectivity index (χ1n) is 6.03. The molecule has 1 rings (SSSR count). The molecular weight excluding hydrogens is 236 g/mol. The monoisotopic (exact) mass is 256 g/mol. The molecule has 6 heteroatoms. The first kappa shape index (κ1) is 14.5. The molecule has 102 valence electrons. The summed E-state index contributed by atoms with van der Waals surface area (Å²) >= 11 is 0. The molecule has 0 spiro atoms. The summed E-state index contributed by atoms with van der Waals surface area (Å²) < 4.78 is 0. The molecule has 1 aliphatic heterocycles. The Balaban J connectivity index is 2.63. The number of carbonyl (C=O) groups excluding carboxylic acids is 1. The van der Waals surface area contributed by atoms with Gasteiger partial charge in [0.05, 0.1) is 12.6 Å². The van der Waals surface area contributed by atoms with E-state index >= 15 is 0 Å². The second-order valence-corrected chi connectivity index (χ2v) is 4.57. The molecule has 0 aromatic rings. The van der Waals surface area contributed by atoms with Gasteiger partial charge >= 0.3 is 12.0 Å². The zero-order valence-corrected chi connectivity index (χ0v) is 10.5. The highest BCUT2D eigenvalue weighted by atomic mass is 16.4. The Bertz CT molecular complexity index is 332. The smallest absolute Gasteiger partial charge is 0.326 e. The van der Waals surface area contributed by atoms with E-state index in [1.54, 1.807) is 0 Å². The standard InChI is InChI=1S/C12H20N2O4/c1-3-4-9(11(16)17)13-12(18)14-6-5-8(2)10(14)7-15/h3,8-10,15H,1,4-7H2,2H3,(H,13,18)(H,16,17). The molecule has 3 N–H and O–H groups in total. The van der Waals surface area contributed by atoms with Crippen molar-refractivity contribution in [1.29, 1.82) is 0 Å². The maximum absolute atomic E-state index is 12.0. The van der Waals surface area contributed by atoms with E-state index in [-0.39, 0.29) is 25.0 Å². The van der Waals surface area contributed by atoms with Crippen LogP contribution in [0.25, 0.3) is 0 Å². The molecule has 1 heterocycles. The Hall–Kier alpha value is -1.56. The van der Waals surface area contributed by atoms with Crippen LogP contribution in [0.15, 0.2) is 12.7 Å². The average molecular weight is 256 g/mol. The number of hydrogen-bond donors (Lipinski definition) is 3. The molecule has 0 aliphatic carbocycles. The van der Waals surface area contributed by atoms with E-state index in [2.05, 4.69) is 11.9 Å². The van der Waals surface area contributed by atoms with Gasteiger partial charge in [-0.1, -0.05) is 13.0 Å². The van der Waals surface area contributed by atoms with Crippen LogP contribution < -0.4 is 5.32 Å². The van der Waals surface area contributed by atoms with Gasteiger partial charge in [-0.05, 0) is 18.8 Å². The number of urea groups is 1. The minimum atomic E-state index is -1.09. The number of carbonyl (C=O) groups is 2. The third-order valence-electron chi connectivity index (χ3n) is 3.33. The molecule has 1 fully saturated rings. The lowest BCUT2D eigenvalue weighted by atomic mass is 10.0. The van der Waals surface area contributed by atoms with Gasteiger partial charge in [-0.25, -0.2) is 9.59 Å². The van der Waals surface area contributed by atoms with Crippen LogP contribution in [-0.2, 0) is 4.79 Å². The second kappa shape index (κ2) is 6.39. The van der Waals surface area contributed by atoms with E-state index in [4.69, 9.17) is 5.11 Å². The second-order valence-electron chi connectivity index (χ2n) is 4.57. The number of aliphatic hydroxyl groups is 1. The van der Waals surface area contributed by atoms with Crippen molar-refractivity contribution in [3.05, 3.63) is 12.7 Å². The highest BCUT2D eigenvalue weighted by molar-refractivity contribution is 5.83. The van der Waals surface area contributed by atoms with Gasteiger partial charge < -0.3 is 20.4 Å². The maximum atomic E-state index is 12.0. The summed E-state index contributed by atoms with van der Waals surface area (Å²) in [5.74, 6) is -0.862. The van der Waals surface area contributed by atoms with Crippen molar-refractivity contribution in [3.8, 4) is 0 Å². The number of rotatable bonds is 5. The highest BCUT2D eigenvalue weighted by Crippen LogP contribution is 2.23. The molecule has 18 heavy (non-hydrogen) atoms. The lowest BCUT2D eigenvalue weighted by molar-refractivity contribution is -0.139. The van der Waals surface area contributed by atoms with Gasteiger partial charge in [-0.2, -0.15) is 0 Å². The fourth-order valence-corrected chi connectivity index (χ4v) is 2.16. The lowest BCUT2D eigenvalue weighted by Gasteiger charge is -2.26. The van der Waals surface area contributed by atoms with Crippen LogP contribution >= 0.6 is 0 Å². The van der Waals surface area contributed by atoms with Gasteiger partial charge in [0.2, 0.25) is 0 Å². The first-order valence-corrected chi connectivity index (χ1v) is 6.03. The first-order chi connectivity index (χ1) is 8.51. The van der Waals surface area contributed by atoms with Crippen molar-refractivity contribution in [3.63, 3.8) is 0 Å². The predicted octanol–water partition coefficient (Wildman–Crippen LogP) is 0.428. The van der Waals surface area contributed by atoms with Gasteiger partial charge in [0, 0.05) is 6.54 Å². The number of aliphatic hydroxyl groups excluding tert-OH is 1. The van der Waals surface area contributed by atoms with Gasteiger partial charge in [0.25, 0.3) is 0 Å². The number of amides is 2. The molecule has 0 aromatic carbocycles. The van der Waals surface area contributed by atoms with E-state index in [0.29, 0.717) is 6.54 Å². The van der Waals surface area contributed by atoms with E-state index in [1.165, 1.54) is 11.0 Å². The third kappa shape index (κ3) is 3.22. The number of nitrogens with zero attached hydrogens (tertiary/aromatic N) is 1. The average Bonchev–Trinajstić information content (AvgIpc) is 2.69. The van der Waals surface area contributed by atoms with Crippen LogP contribution in [0.5, 0.6) is 0 Å². The summed E-state index contributed by atoms with van der Waals surface area (Å²) in [6, 6.07) is -1.64. The Kier molecular flexibility index (Phi) is 5.15. The van der Waals surface area contributed by atoms with E-state index in [0.717, 1.165) is 6.42 Å². The molecule has 0 bridgehead atoms. The summed E-state index contributed by atoms with van der Waals surface area (Å²) in [7, 11) is 0. The Morgan fingerprint density at radius 1 is 1.61 bits per heavy atom. The molecule has 3 atom stereocenters. The number of likely N-dealkylation sites (tertiary alicyclic amines) is 1. The fourth-order valence-electron chi connectivity index (χ4n) is 2.16. The number of hydrogen-bond acceptors (Lipinski definition) is 3. The van der Waals surface area contributed by atoms with Gasteiger partial charge in [-0.15, -0.1) is 6.58 Å². The normalized spacial score (nSPS) is 24.7. The van der Waals surface area contributed by atoms with E-state index < -0.39 is 18.0 Å². The summed E-state index contributed by atoms with van der Waals surface area (Å²) in [6.07, 6.45) is 2.45. The molecule has 1 aliphatic rings. The number of aliphatic carboxylic acids is 1. The van der Waals surface area contributed by atoms with Crippen molar-refractivity contribution in [2.75, 3.05) is 13.2 Å². The molecule has 0 saturated carbocycles. The van der Waals surface area contributed by atoms with Crippen molar-refractivity contribution >= 4 is 12.0 Å². The summed E-state index contributed by atoms with van der Waals surface area (Å²) in [4.78, 5) is 24.4. The number of carboxylic acids is 1. The molecule has 6 nitrogen and oxygen atoms in total. The summed E-state index contributed by atoms with van der Waals surface area (Å²) in [6.45, 7) is 5.86. The SMILES string of the molecule is C=CCC(NC(=O)N1CCC(C)C1CO)C(=O)O. The van der Waals surface area contributed by atoms with Crippen molar-refractivity contribution in [2.45, 2.75) is 31.8 Å². The summed E-state index contributed by atoms with van der Waals surface area (Å²) in [5, 5.41) is 20.6. The Labute approximate surface area is 106 Å². The van der Waals surface area contributed by atoms with E-state index in [1.807, 2.05) is 6.92 Å². The fraction of sp³-hybridized carbons (Fsp3) is 0.667. The van der Waals surface area contributed by atoms with Crippen LogP contribution in [0.2, 0.25) is 0 Å². The highest BCUT2D eigenvalue weighted by Gasteiger charge is 2.35. The van der Waals surface area contributed by atoms with Gasteiger partial charge in [-0.3, -0.25) is 0 Å². The molecule has 2 amide bonds. The predicted molar refractivity (Wildman–Crippen MR) is 66.1 cm³/mol. The Morgan fingerprint density at radius 2 is 2.28 bits per heavy atom. The Morgan fingerprint density at radius 3 is 2.78 bits per heavy atom. The van der Waals surface area contributed by atoms with Crippen molar-refractivity contribution in [1.82, 2.24) is 10.2 Å². The maximum Gasteiger partial charge on any atom is 0.326 e. The zero-order chi connectivity index (χ0) is 13.7. The van der Waals surface area contributed by atoms with Crippen LogP contribution in [0.4, 0.5) is 4.79 Å². The molecule has 1 saturated heterocycles. The van der Waals surface area contributed by atoms with Crippen molar-refractivity contribution in [2.24, 2.45) is 5.92 Å². The van der Waals surface area contributed by atoms with Gasteiger partial charge in [0.1, 0.15) is 6.04 Å². The lowest BCUT2D eigenvalue weighted by Crippen LogP contribution is -2.50. The van der Waals surface area contributed by atoms with Crippen LogP contribution in [0.1, 0.15) is 19.8 Å². The molecule has 0 aromatic heterocycles. The van der Waals surface area contributed by atoms with Crippen LogP contribution in [0.3, 0.4) is 0 Å².